The van der Waals surface area contributed by atoms with Crippen molar-refractivity contribution in [2.75, 3.05) is 0 Å². The molecule has 0 unspecified atom stereocenters. The minimum Gasteiger partial charge on any atom is -0.455 e. The molecule has 18 heavy (non-hydrogen) atoms. The SMILES string of the molecule is NCc1ccc(C(=O)OCc2ccccc2Br)o1. The van der Waals surface area contributed by atoms with E-state index in [1.165, 1.54) is 0 Å². The summed E-state index contributed by atoms with van der Waals surface area (Å²) in [6.07, 6.45) is 0. The average Bonchev–Trinajstić information content (AvgIpc) is 2.86. The van der Waals surface area contributed by atoms with Crippen molar-refractivity contribution in [3.05, 3.63) is 58.0 Å². The zero-order chi connectivity index (χ0) is 13.0. The maximum absolute atomic E-state index is 11.7. The molecule has 4 nitrogen and oxygen atoms in total. The van der Waals surface area contributed by atoms with Crippen molar-refractivity contribution < 1.29 is 13.9 Å². The van der Waals surface area contributed by atoms with Crippen LogP contribution in [0.25, 0.3) is 0 Å². The van der Waals surface area contributed by atoms with Gasteiger partial charge in [0.15, 0.2) is 0 Å². The summed E-state index contributed by atoms with van der Waals surface area (Å²) in [5.41, 5.74) is 6.30. The van der Waals surface area contributed by atoms with E-state index >= 15 is 0 Å². The highest BCUT2D eigenvalue weighted by Gasteiger charge is 2.12. The van der Waals surface area contributed by atoms with Crippen LogP contribution in [-0.4, -0.2) is 5.97 Å². The van der Waals surface area contributed by atoms with Gasteiger partial charge >= 0.3 is 5.97 Å². The van der Waals surface area contributed by atoms with Crippen LogP contribution in [0.5, 0.6) is 0 Å². The molecule has 2 rings (SSSR count). The van der Waals surface area contributed by atoms with E-state index in [4.69, 9.17) is 14.9 Å². The van der Waals surface area contributed by atoms with Gasteiger partial charge in [0.2, 0.25) is 5.76 Å². The number of carbonyl (C=O) groups excluding carboxylic acids is 1. The van der Waals surface area contributed by atoms with Crippen molar-refractivity contribution in [3.63, 3.8) is 0 Å². The third-order valence-corrected chi connectivity index (χ3v) is 3.15. The topological polar surface area (TPSA) is 65.5 Å². The van der Waals surface area contributed by atoms with Gasteiger partial charge in [-0.05, 0) is 18.2 Å². The third-order valence-electron chi connectivity index (χ3n) is 2.38. The number of nitrogens with two attached hydrogens (primary N) is 1. The molecule has 1 heterocycles. The van der Waals surface area contributed by atoms with Crippen molar-refractivity contribution >= 4 is 21.9 Å². The summed E-state index contributed by atoms with van der Waals surface area (Å²) in [7, 11) is 0. The largest absolute Gasteiger partial charge is 0.455 e. The van der Waals surface area contributed by atoms with Gasteiger partial charge in [-0.2, -0.15) is 0 Å². The van der Waals surface area contributed by atoms with Gasteiger partial charge in [-0.15, -0.1) is 0 Å². The van der Waals surface area contributed by atoms with Crippen LogP contribution in [0.3, 0.4) is 0 Å². The Bertz CT molecular complexity index is 551. The fourth-order valence-electron chi connectivity index (χ4n) is 1.43. The van der Waals surface area contributed by atoms with Crippen LogP contribution >= 0.6 is 15.9 Å². The molecular weight excluding hydrogens is 298 g/mol. The highest BCUT2D eigenvalue weighted by atomic mass is 79.9. The second-order valence-electron chi connectivity index (χ2n) is 3.64. The molecule has 0 saturated carbocycles. The standard InChI is InChI=1S/C13H12BrNO3/c14-11-4-2-1-3-9(11)8-17-13(16)12-6-5-10(7-15)18-12/h1-6H,7-8,15H2. The highest BCUT2D eigenvalue weighted by molar-refractivity contribution is 9.10. The van der Waals surface area contributed by atoms with E-state index in [9.17, 15) is 4.79 Å². The normalized spacial score (nSPS) is 10.3. The molecule has 0 amide bonds. The van der Waals surface area contributed by atoms with E-state index < -0.39 is 5.97 Å². The maximum atomic E-state index is 11.7. The molecule has 0 saturated heterocycles. The molecule has 2 N–H and O–H groups in total. The fraction of sp³-hybridized carbons (Fsp3) is 0.154. The van der Waals surface area contributed by atoms with Crippen LogP contribution in [0.4, 0.5) is 0 Å². The monoisotopic (exact) mass is 309 g/mol. The summed E-state index contributed by atoms with van der Waals surface area (Å²) in [6, 6.07) is 10.8. The van der Waals surface area contributed by atoms with Crippen molar-refractivity contribution in [1.29, 1.82) is 0 Å². The van der Waals surface area contributed by atoms with Crippen LogP contribution in [0.15, 0.2) is 45.3 Å². The average molecular weight is 310 g/mol. The highest BCUT2D eigenvalue weighted by Crippen LogP contribution is 2.17. The van der Waals surface area contributed by atoms with Gasteiger partial charge < -0.3 is 14.9 Å². The molecule has 0 bridgehead atoms. The number of carbonyl (C=O) groups is 1. The van der Waals surface area contributed by atoms with Crippen LogP contribution in [0, 0.1) is 0 Å². The number of benzene rings is 1. The first-order valence-corrected chi connectivity index (χ1v) is 6.19. The van der Waals surface area contributed by atoms with Gasteiger partial charge in [0.05, 0.1) is 6.54 Å². The Kier molecular flexibility index (Phi) is 4.17. The minimum absolute atomic E-state index is 0.169. The molecule has 94 valence electrons. The van der Waals surface area contributed by atoms with Crippen molar-refractivity contribution in [2.24, 2.45) is 5.73 Å². The Morgan fingerprint density at radius 2 is 2.06 bits per heavy atom. The lowest BCUT2D eigenvalue weighted by molar-refractivity contribution is 0.0433. The molecular formula is C13H12BrNO3. The first-order valence-electron chi connectivity index (χ1n) is 5.40. The predicted octanol–water partition coefficient (Wildman–Crippen LogP) is 2.86. The Morgan fingerprint density at radius 3 is 2.72 bits per heavy atom. The van der Waals surface area contributed by atoms with Crippen LogP contribution in [-0.2, 0) is 17.9 Å². The van der Waals surface area contributed by atoms with Gasteiger partial charge in [-0.1, -0.05) is 34.1 Å². The Hall–Kier alpha value is -1.59. The van der Waals surface area contributed by atoms with Crippen LogP contribution < -0.4 is 5.73 Å². The second kappa shape index (κ2) is 5.84. The first kappa shape index (κ1) is 12.9. The molecule has 1 aromatic heterocycles. The van der Waals surface area contributed by atoms with Gasteiger partial charge in [-0.3, -0.25) is 0 Å². The third kappa shape index (κ3) is 3.00. The molecule has 5 heteroatoms. The molecule has 0 radical (unpaired) electrons. The number of halogens is 1. The van der Waals surface area contributed by atoms with E-state index in [0.29, 0.717) is 5.76 Å². The number of furan rings is 1. The lowest BCUT2D eigenvalue weighted by Crippen LogP contribution is -2.04. The fourth-order valence-corrected chi connectivity index (χ4v) is 1.83. The molecule has 0 aliphatic heterocycles. The van der Waals surface area contributed by atoms with E-state index in [1.54, 1.807) is 12.1 Å². The van der Waals surface area contributed by atoms with E-state index in [-0.39, 0.29) is 18.9 Å². The van der Waals surface area contributed by atoms with E-state index in [0.717, 1.165) is 10.0 Å². The van der Waals surface area contributed by atoms with E-state index in [2.05, 4.69) is 15.9 Å². The van der Waals surface area contributed by atoms with Crippen molar-refractivity contribution in [2.45, 2.75) is 13.2 Å². The summed E-state index contributed by atoms with van der Waals surface area (Å²) >= 11 is 3.39. The molecule has 0 fully saturated rings. The quantitative estimate of drug-likeness (QED) is 0.882. The zero-order valence-corrected chi connectivity index (χ0v) is 11.1. The lowest BCUT2D eigenvalue weighted by Gasteiger charge is -2.04. The number of rotatable bonds is 4. The molecule has 2 aromatic rings. The number of hydrogen-bond acceptors (Lipinski definition) is 4. The van der Waals surface area contributed by atoms with Crippen LogP contribution in [0.1, 0.15) is 21.9 Å². The Morgan fingerprint density at radius 1 is 1.28 bits per heavy atom. The number of esters is 1. The number of hydrogen-bond donors (Lipinski definition) is 1. The molecule has 0 aliphatic rings. The van der Waals surface area contributed by atoms with Crippen molar-refractivity contribution in [3.8, 4) is 0 Å². The predicted molar refractivity (Wildman–Crippen MR) is 69.9 cm³/mol. The summed E-state index contributed by atoms with van der Waals surface area (Å²) in [4.78, 5) is 11.7. The summed E-state index contributed by atoms with van der Waals surface area (Å²) < 4.78 is 11.3. The van der Waals surface area contributed by atoms with Crippen LogP contribution in [0.2, 0.25) is 0 Å². The van der Waals surface area contributed by atoms with Gasteiger partial charge in [0, 0.05) is 10.0 Å². The summed E-state index contributed by atoms with van der Waals surface area (Å²) in [5.74, 6) is 0.232. The molecule has 1 aromatic carbocycles. The molecule has 0 spiro atoms. The number of ether oxygens (including phenoxy) is 1. The summed E-state index contributed by atoms with van der Waals surface area (Å²) in [6.45, 7) is 0.455. The Balaban J connectivity index is 1.98. The first-order chi connectivity index (χ1) is 8.70. The molecule has 0 aliphatic carbocycles. The van der Waals surface area contributed by atoms with Gasteiger partial charge in [0.1, 0.15) is 12.4 Å². The summed E-state index contributed by atoms with van der Waals surface area (Å²) in [5, 5.41) is 0. The lowest BCUT2D eigenvalue weighted by atomic mass is 10.2. The maximum Gasteiger partial charge on any atom is 0.374 e. The van der Waals surface area contributed by atoms with Gasteiger partial charge in [0.25, 0.3) is 0 Å². The second-order valence-corrected chi connectivity index (χ2v) is 4.49. The molecule has 0 atom stereocenters. The minimum atomic E-state index is -0.495. The van der Waals surface area contributed by atoms with E-state index in [1.807, 2.05) is 24.3 Å². The zero-order valence-electron chi connectivity index (χ0n) is 9.56. The Labute approximate surface area is 113 Å². The van der Waals surface area contributed by atoms with Crippen molar-refractivity contribution in [1.82, 2.24) is 0 Å². The smallest absolute Gasteiger partial charge is 0.374 e. The van der Waals surface area contributed by atoms with Gasteiger partial charge in [-0.25, -0.2) is 4.79 Å².